The second-order valence-corrected chi connectivity index (χ2v) is 7.66. The van der Waals surface area contributed by atoms with Gasteiger partial charge in [-0.2, -0.15) is 0 Å². The van der Waals surface area contributed by atoms with Crippen molar-refractivity contribution in [3.8, 4) is 0 Å². The van der Waals surface area contributed by atoms with Gasteiger partial charge in [0.05, 0.1) is 6.10 Å². The van der Waals surface area contributed by atoms with Gasteiger partial charge in [-0.3, -0.25) is 0 Å². The third-order valence-corrected chi connectivity index (χ3v) is 5.38. The van der Waals surface area contributed by atoms with Crippen molar-refractivity contribution in [2.75, 3.05) is 26.7 Å². The summed E-state index contributed by atoms with van der Waals surface area (Å²) in [5.74, 6) is 1.20. The molecule has 1 aliphatic heterocycles. The highest BCUT2D eigenvalue weighted by Crippen LogP contribution is 2.39. The number of rotatable bonds is 3. The molecule has 3 heteroatoms. The van der Waals surface area contributed by atoms with E-state index in [9.17, 15) is 5.11 Å². The number of aliphatic hydroxyl groups is 1. The summed E-state index contributed by atoms with van der Waals surface area (Å²) in [6, 6.07) is 0.657. The molecular weight excluding hydrogens is 236 g/mol. The summed E-state index contributed by atoms with van der Waals surface area (Å²) in [5, 5.41) is 13.6. The third kappa shape index (κ3) is 3.93. The van der Waals surface area contributed by atoms with Crippen LogP contribution in [-0.4, -0.2) is 48.8 Å². The lowest BCUT2D eigenvalue weighted by atomic mass is 9.69. The van der Waals surface area contributed by atoms with Crippen molar-refractivity contribution < 1.29 is 5.11 Å². The second kappa shape index (κ2) is 6.11. The zero-order valence-electron chi connectivity index (χ0n) is 13.2. The van der Waals surface area contributed by atoms with E-state index >= 15 is 0 Å². The zero-order chi connectivity index (χ0) is 14.0. The Balaban J connectivity index is 1.92. The summed E-state index contributed by atoms with van der Waals surface area (Å²) in [6.07, 6.45) is 4.94. The van der Waals surface area contributed by atoms with Crippen LogP contribution in [0, 0.1) is 17.3 Å². The molecule has 19 heavy (non-hydrogen) atoms. The molecule has 1 saturated heterocycles. The summed E-state index contributed by atoms with van der Waals surface area (Å²) in [6.45, 7) is 10.2. The molecule has 3 nitrogen and oxygen atoms in total. The van der Waals surface area contributed by atoms with E-state index in [2.05, 4.69) is 38.0 Å². The minimum Gasteiger partial charge on any atom is -0.392 e. The fourth-order valence-electron chi connectivity index (χ4n) is 3.92. The standard InChI is InChI=1S/C16H32N2O/c1-12-6-8-18(11-15(12)19)10-13-9-16(2,3)7-5-14(13)17-4/h12-15,17,19H,5-11H2,1-4H3. The van der Waals surface area contributed by atoms with Crippen molar-refractivity contribution in [2.24, 2.45) is 17.3 Å². The van der Waals surface area contributed by atoms with Crippen LogP contribution in [0.3, 0.4) is 0 Å². The van der Waals surface area contributed by atoms with Crippen molar-refractivity contribution in [3.63, 3.8) is 0 Å². The SMILES string of the molecule is CNC1CCC(C)(C)CC1CN1CCC(C)C(O)C1. The number of piperidine rings is 1. The summed E-state index contributed by atoms with van der Waals surface area (Å²) in [7, 11) is 2.10. The van der Waals surface area contributed by atoms with Crippen molar-refractivity contribution in [2.45, 2.75) is 58.6 Å². The maximum absolute atomic E-state index is 10.0. The fraction of sp³-hybridized carbons (Fsp3) is 1.00. The molecule has 0 aromatic rings. The Bertz CT molecular complexity index is 292. The van der Waals surface area contributed by atoms with Crippen molar-refractivity contribution in [3.05, 3.63) is 0 Å². The highest BCUT2D eigenvalue weighted by Gasteiger charge is 2.36. The summed E-state index contributed by atoms with van der Waals surface area (Å²) >= 11 is 0. The molecule has 2 N–H and O–H groups in total. The quantitative estimate of drug-likeness (QED) is 0.823. The Labute approximate surface area is 118 Å². The molecule has 1 saturated carbocycles. The molecule has 2 fully saturated rings. The molecule has 1 aliphatic carbocycles. The zero-order valence-corrected chi connectivity index (χ0v) is 13.2. The molecule has 2 rings (SSSR count). The van der Waals surface area contributed by atoms with Gasteiger partial charge in [0.25, 0.3) is 0 Å². The number of aliphatic hydroxyl groups excluding tert-OH is 1. The van der Waals surface area contributed by atoms with Gasteiger partial charge >= 0.3 is 0 Å². The number of hydrogen-bond donors (Lipinski definition) is 2. The third-order valence-electron chi connectivity index (χ3n) is 5.38. The molecule has 1 heterocycles. The van der Waals surface area contributed by atoms with Gasteiger partial charge in [-0.1, -0.05) is 20.8 Å². The largest absolute Gasteiger partial charge is 0.392 e. The Hall–Kier alpha value is -0.120. The molecule has 2 aliphatic rings. The van der Waals surface area contributed by atoms with Crippen molar-refractivity contribution in [1.29, 1.82) is 0 Å². The van der Waals surface area contributed by atoms with Crippen molar-refractivity contribution in [1.82, 2.24) is 10.2 Å². The lowest BCUT2D eigenvalue weighted by molar-refractivity contribution is 0.0107. The number of nitrogens with zero attached hydrogens (tertiary/aromatic N) is 1. The minimum atomic E-state index is -0.126. The van der Waals surface area contributed by atoms with Crippen LogP contribution in [-0.2, 0) is 0 Å². The Morgan fingerprint density at radius 2 is 2.05 bits per heavy atom. The Morgan fingerprint density at radius 1 is 1.32 bits per heavy atom. The van der Waals surface area contributed by atoms with Gasteiger partial charge in [0.2, 0.25) is 0 Å². The van der Waals surface area contributed by atoms with Gasteiger partial charge in [0.1, 0.15) is 0 Å². The van der Waals surface area contributed by atoms with Crippen molar-refractivity contribution >= 4 is 0 Å². The maximum Gasteiger partial charge on any atom is 0.0693 e. The molecule has 4 atom stereocenters. The molecule has 0 radical (unpaired) electrons. The van der Waals surface area contributed by atoms with Crippen LogP contribution in [0.2, 0.25) is 0 Å². The van der Waals surface area contributed by atoms with Gasteiger partial charge in [-0.05, 0) is 56.5 Å². The van der Waals surface area contributed by atoms with E-state index < -0.39 is 0 Å². The summed E-state index contributed by atoms with van der Waals surface area (Å²) < 4.78 is 0. The Kier molecular flexibility index (Phi) is 4.91. The predicted octanol–water partition coefficient (Wildman–Crippen LogP) is 2.10. The van der Waals surface area contributed by atoms with Crippen LogP contribution >= 0.6 is 0 Å². The van der Waals surface area contributed by atoms with E-state index in [1.54, 1.807) is 0 Å². The molecule has 112 valence electrons. The average Bonchev–Trinajstić information content (AvgIpc) is 2.33. The maximum atomic E-state index is 10.0. The van der Waals surface area contributed by atoms with Crippen LogP contribution in [0.4, 0.5) is 0 Å². The van der Waals surface area contributed by atoms with Gasteiger partial charge in [0, 0.05) is 19.1 Å². The highest BCUT2D eigenvalue weighted by molar-refractivity contribution is 4.90. The van der Waals surface area contributed by atoms with E-state index in [0.717, 1.165) is 32.0 Å². The van der Waals surface area contributed by atoms with Gasteiger partial charge < -0.3 is 15.3 Å². The molecule has 0 aromatic heterocycles. The lowest BCUT2D eigenvalue weighted by Crippen LogP contribution is -2.50. The van der Waals surface area contributed by atoms with Crippen LogP contribution in [0.25, 0.3) is 0 Å². The number of nitrogens with one attached hydrogen (secondary N) is 1. The summed E-state index contributed by atoms with van der Waals surface area (Å²) in [5.41, 5.74) is 0.486. The van der Waals surface area contributed by atoms with E-state index in [1.165, 1.54) is 19.3 Å². The predicted molar refractivity (Wildman–Crippen MR) is 80.2 cm³/mol. The highest BCUT2D eigenvalue weighted by atomic mass is 16.3. The lowest BCUT2D eigenvalue weighted by Gasteiger charge is -2.44. The monoisotopic (exact) mass is 268 g/mol. The number of β-amino-alcohol motifs (C(OH)–C–C–N with tert-alkyl or cyclic N) is 1. The molecule has 0 aromatic carbocycles. The first kappa shape index (κ1) is 15.3. The first-order valence-electron chi connectivity index (χ1n) is 7.99. The average molecular weight is 268 g/mol. The van der Waals surface area contributed by atoms with E-state index in [1.807, 2.05) is 0 Å². The molecule has 0 bridgehead atoms. The van der Waals surface area contributed by atoms with Gasteiger partial charge in [-0.25, -0.2) is 0 Å². The van der Waals surface area contributed by atoms with Gasteiger partial charge in [0.15, 0.2) is 0 Å². The molecule has 0 amide bonds. The van der Waals surface area contributed by atoms with E-state index in [4.69, 9.17) is 0 Å². The number of hydrogen-bond acceptors (Lipinski definition) is 3. The number of likely N-dealkylation sites (tertiary alicyclic amines) is 1. The minimum absolute atomic E-state index is 0.126. The van der Waals surface area contributed by atoms with Gasteiger partial charge in [-0.15, -0.1) is 0 Å². The topological polar surface area (TPSA) is 35.5 Å². The summed E-state index contributed by atoms with van der Waals surface area (Å²) in [4.78, 5) is 2.49. The van der Waals surface area contributed by atoms with Crippen LogP contribution in [0.15, 0.2) is 0 Å². The normalized spacial score (nSPS) is 40.3. The molecule has 4 unspecified atom stereocenters. The van der Waals surface area contributed by atoms with E-state index in [0.29, 0.717) is 17.4 Å². The van der Waals surface area contributed by atoms with Crippen LogP contribution < -0.4 is 5.32 Å². The Morgan fingerprint density at radius 3 is 2.68 bits per heavy atom. The molecule has 0 spiro atoms. The first-order chi connectivity index (χ1) is 8.91. The molecular formula is C16H32N2O. The van der Waals surface area contributed by atoms with Crippen LogP contribution in [0.5, 0.6) is 0 Å². The fourth-order valence-corrected chi connectivity index (χ4v) is 3.92. The smallest absolute Gasteiger partial charge is 0.0693 e. The van der Waals surface area contributed by atoms with E-state index in [-0.39, 0.29) is 6.10 Å². The van der Waals surface area contributed by atoms with Crippen LogP contribution in [0.1, 0.15) is 46.5 Å². The first-order valence-corrected chi connectivity index (χ1v) is 7.99. The second-order valence-electron chi connectivity index (χ2n) is 7.66.